The number of carbonyl (C=O) groups is 2. The number of methoxy groups -OCH3 is 1. The smallest absolute Gasteiger partial charge is 0.330 e. The van der Waals surface area contributed by atoms with Gasteiger partial charge in [0.1, 0.15) is 5.60 Å². The quantitative estimate of drug-likeness (QED) is 0.444. The van der Waals surface area contributed by atoms with Crippen molar-refractivity contribution in [2.45, 2.75) is 46.1 Å². The van der Waals surface area contributed by atoms with Crippen molar-refractivity contribution in [2.75, 3.05) is 7.11 Å². The number of Topliss-reactive ketones (excluding diaryl/α,β-unsaturated/α-hetero) is 1. The topological polar surface area (TPSA) is 63.6 Å². The molecule has 0 saturated carbocycles. The van der Waals surface area contributed by atoms with Gasteiger partial charge >= 0.3 is 5.97 Å². The van der Waals surface area contributed by atoms with Crippen molar-refractivity contribution in [1.82, 2.24) is 0 Å². The molecule has 0 unspecified atom stereocenters. The van der Waals surface area contributed by atoms with E-state index in [4.69, 9.17) is 11.6 Å². The number of hydrogen-bond acceptors (Lipinski definition) is 4. The molecule has 0 amide bonds. The molecule has 4 nitrogen and oxygen atoms in total. The number of benzene rings is 1. The lowest BCUT2D eigenvalue weighted by molar-refractivity contribution is -0.134. The molecular weight excluding hydrogens is 376 g/mol. The zero-order valence-electron chi connectivity index (χ0n) is 17.0. The number of halogens is 1. The van der Waals surface area contributed by atoms with Crippen LogP contribution in [0.25, 0.3) is 0 Å². The van der Waals surface area contributed by atoms with Gasteiger partial charge in [0.25, 0.3) is 0 Å². The lowest BCUT2D eigenvalue weighted by Gasteiger charge is -2.46. The Kier molecular flexibility index (Phi) is 6.68. The van der Waals surface area contributed by atoms with Crippen molar-refractivity contribution >= 4 is 23.4 Å². The van der Waals surface area contributed by atoms with Crippen molar-refractivity contribution in [2.24, 2.45) is 5.41 Å². The van der Waals surface area contributed by atoms with E-state index in [2.05, 4.69) is 4.74 Å². The summed E-state index contributed by atoms with van der Waals surface area (Å²) in [4.78, 5) is 24.3. The summed E-state index contributed by atoms with van der Waals surface area (Å²) in [5.74, 6) is -0.443. The first-order chi connectivity index (χ1) is 13.0. The summed E-state index contributed by atoms with van der Waals surface area (Å²) in [6, 6.07) is 7.39. The van der Waals surface area contributed by atoms with Crippen LogP contribution >= 0.6 is 11.6 Å². The molecule has 1 atom stereocenters. The largest absolute Gasteiger partial charge is 0.466 e. The van der Waals surface area contributed by atoms with Crippen LogP contribution in [0, 0.1) is 5.41 Å². The average molecular weight is 403 g/mol. The Bertz CT molecular complexity index is 876. The highest BCUT2D eigenvalue weighted by molar-refractivity contribution is 6.31. The fraction of sp³-hybridized carbons (Fsp3) is 0.391. The van der Waals surface area contributed by atoms with Gasteiger partial charge in [0.2, 0.25) is 0 Å². The molecule has 0 aromatic heterocycles. The van der Waals surface area contributed by atoms with Gasteiger partial charge in [0.15, 0.2) is 5.78 Å². The van der Waals surface area contributed by atoms with E-state index in [9.17, 15) is 14.7 Å². The number of ether oxygens (including phenoxy) is 1. The van der Waals surface area contributed by atoms with Crippen LogP contribution in [0.3, 0.4) is 0 Å². The summed E-state index contributed by atoms with van der Waals surface area (Å²) in [5.41, 5.74) is 0.654. The molecule has 5 heteroatoms. The minimum atomic E-state index is -1.33. The molecule has 1 aromatic carbocycles. The summed E-state index contributed by atoms with van der Waals surface area (Å²) in [5, 5.41) is 12.2. The molecule has 1 aliphatic rings. The molecule has 0 fully saturated rings. The van der Waals surface area contributed by atoms with E-state index in [-0.39, 0.29) is 12.2 Å². The Hall–Kier alpha value is -2.17. The molecule has 2 rings (SSSR count). The van der Waals surface area contributed by atoms with Gasteiger partial charge in [-0.3, -0.25) is 4.79 Å². The van der Waals surface area contributed by atoms with E-state index in [1.807, 2.05) is 32.0 Å². The zero-order valence-corrected chi connectivity index (χ0v) is 17.8. The number of hydrogen-bond donors (Lipinski definition) is 1. The van der Waals surface area contributed by atoms with Gasteiger partial charge in [-0.1, -0.05) is 49.7 Å². The molecule has 1 aromatic rings. The second-order valence-electron chi connectivity index (χ2n) is 7.87. The van der Waals surface area contributed by atoms with Gasteiger partial charge in [0, 0.05) is 34.9 Å². The molecule has 0 aliphatic heterocycles. The SMILES string of the molecule is COC(=O)/C=C(C)\C=C\[C@@]1(O)C(C)=C(Cc2ccccc2Cl)C(=O)CC1(C)C. The lowest BCUT2D eigenvalue weighted by Crippen LogP contribution is -2.49. The fourth-order valence-electron chi connectivity index (χ4n) is 3.55. The Morgan fingerprint density at radius 2 is 1.96 bits per heavy atom. The van der Waals surface area contributed by atoms with Gasteiger partial charge in [-0.2, -0.15) is 0 Å². The van der Waals surface area contributed by atoms with E-state index in [0.29, 0.717) is 28.2 Å². The first-order valence-electron chi connectivity index (χ1n) is 9.16. The van der Waals surface area contributed by atoms with Crippen LogP contribution in [-0.2, 0) is 20.7 Å². The monoisotopic (exact) mass is 402 g/mol. The molecule has 28 heavy (non-hydrogen) atoms. The van der Waals surface area contributed by atoms with Gasteiger partial charge in [0.05, 0.1) is 7.11 Å². The maximum Gasteiger partial charge on any atom is 0.330 e. The molecule has 0 heterocycles. The Labute approximate surface area is 171 Å². The van der Waals surface area contributed by atoms with E-state index in [0.717, 1.165) is 5.56 Å². The van der Waals surface area contributed by atoms with Crippen molar-refractivity contribution in [3.63, 3.8) is 0 Å². The minimum absolute atomic E-state index is 0.0160. The predicted octanol–water partition coefficient (Wildman–Crippen LogP) is 4.60. The van der Waals surface area contributed by atoms with E-state index in [1.54, 1.807) is 32.1 Å². The summed E-state index contributed by atoms with van der Waals surface area (Å²) in [6.07, 6.45) is 5.28. The van der Waals surface area contributed by atoms with E-state index >= 15 is 0 Å². The van der Waals surface area contributed by atoms with Crippen molar-refractivity contribution in [1.29, 1.82) is 0 Å². The molecule has 0 saturated heterocycles. The van der Waals surface area contributed by atoms with Gasteiger partial charge in [-0.15, -0.1) is 0 Å². The Morgan fingerprint density at radius 1 is 1.32 bits per heavy atom. The second-order valence-corrected chi connectivity index (χ2v) is 8.27. The molecule has 1 aliphatic carbocycles. The molecule has 0 bridgehead atoms. The van der Waals surface area contributed by atoms with Crippen LogP contribution in [0.1, 0.15) is 39.7 Å². The number of rotatable bonds is 5. The van der Waals surface area contributed by atoms with Crippen LogP contribution in [0.5, 0.6) is 0 Å². The summed E-state index contributed by atoms with van der Waals surface area (Å²) in [6.45, 7) is 7.27. The highest BCUT2D eigenvalue weighted by atomic mass is 35.5. The molecule has 150 valence electrons. The van der Waals surface area contributed by atoms with E-state index < -0.39 is 17.0 Å². The minimum Gasteiger partial charge on any atom is -0.466 e. The van der Waals surface area contributed by atoms with E-state index in [1.165, 1.54) is 13.2 Å². The zero-order chi connectivity index (χ0) is 21.1. The van der Waals surface area contributed by atoms with Crippen molar-refractivity contribution < 1.29 is 19.4 Å². The fourth-order valence-corrected chi connectivity index (χ4v) is 3.75. The number of esters is 1. The normalized spacial score (nSPS) is 22.7. The summed E-state index contributed by atoms with van der Waals surface area (Å²) < 4.78 is 4.63. The molecule has 0 spiro atoms. The molecular formula is C23H27ClO4. The number of ketones is 1. The maximum absolute atomic E-state index is 12.8. The molecule has 1 N–H and O–H groups in total. The van der Waals surface area contributed by atoms with Crippen LogP contribution in [0.2, 0.25) is 5.02 Å². The number of aliphatic hydroxyl groups is 1. The van der Waals surface area contributed by atoms with Crippen LogP contribution in [-0.4, -0.2) is 29.6 Å². The van der Waals surface area contributed by atoms with Crippen LogP contribution in [0.4, 0.5) is 0 Å². The summed E-state index contributed by atoms with van der Waals surface area (Å²) >= 11 is 6.27. The van der Waals surface area contributed by atoms with Crippen molar-refractivity contribution in [3.05, 3.63) is 69.8 Å². The van der Waals surface area contributed by atoms with Gasteiger partial charge in [-0.25, -0.2) is 4.79 Å². The van der Waals surface area contributed by atoms with Crippen molar-refractivity contribution in [3.8, 4) is 0 Å². The maximum atomic E-state index is 12.8. The Morgan fingerprint density at radius 3 is 2.57 bits per heavy atom. The third-order valence-corrected chi connectivity index (χ3v) is 5.82. The first-order valence-corrected chi connectivity index (χ1v) is 9.54. The predicted molar refractivity (Wildman–Crippen MR) is 111 cm³/mol. The molecule has 0 radical (unpaired) electrons. The number of carbonyl (C=O) groups excluding carboxylic acids is 2. The summed E-state index contributed by atoms with van der Waals surface area (Å²) in [7, 11) is 1.31. The van der Waals surface area contributed by atoms with Gasteiger partial charge < -0.3 is 9.84 Å². The van der Waals surface area contributed by atoms with Gasteiger partial charge in [-0.05, 0) is 42.7 Å². The standard InChI is InChI=1S/C23H27ClO4/c1-15(12-21(26)28-5)10-11-23(27)16(2)18(20(25)14-22(23,3)4)13-17-8-6-7-9-19(17)24/h6-12,27H,13-14H2,1-5H3/b11-10+,15-12-/t23-/m1/s1. The first kappa shape index (κ1) is 22.1. The second kappa shape index (κ2) is 8.46. The lowest BCUT2D eigenvalue weighted by atomic mass is 9.62. The third kappa shape index (κ3) is 4.45. The third-order valence-electron chi connectivity index (χ3n) is 5.45. The van der Waals surface area contributed by atoms with Crippen LogP contribution < -0.4 is 0 Å². The highest BCUT2D eigenvalue weighted by Gasteiger charge is 2.49. The Balaban J connectivity index is 2.49. The highest BCUT2D eigenvalue weighted by Crippen LogP contribution is 2.47. The number of allylic oxidation sites excluding steroid dienone is 3. The average Bonchev–Trinajstić information content (AvgIpc) is 2.63. The van der Waals surface area contributed by atoms with Crippen LogP contribution in [0.15, 0.2) is 59.2 Å².